The van der Waals surface area contributed by atoms with Crippen molar-refractivity contribution in [3.05, 3.63) is 65.0 Å². The number of aromatic nitrogens is 1. The van der Waals surface area contributed by atoms with Crippen LogP contribution < -0.4 is 5.32 Å². The number of carbonyl (C=O) groups is 3. The number of alkyl halides is 2. The molecular formula is C24H19F2N3O4. The van der Waals surface area contributed by atoms with E-state index in [0.29, 0.717) is 22.3 Å². The number of hydrogen-bond donors (Lipinski definition) is 1. The topological polar surface area (TPSA) is 92.5 Å². The summed E-state index contributed by atoms with van der Waals surface area (Å²) in [7, 11) is 0. The molecule has 3 amide bonds. The fourth-order valence-electron chi connectivity index (χ4n) is 4.25. The molecule has 9 heteroatoms. The monoisotopic (exact) mass is 451 g/mol. The molecule has 0 aliphatic carbocycles. The highest BCUT2D eigenvalue weighted by Crippen LogP contribution is 2.38. The zero-order chi connectivity index (χ0) is 23.3. The first-order chi connectivity index (χ1) is 15.8. The number of rotatable bonds is 4. The molecule has 3 heterocycles. The number of fused-ring (bicyclic) bond motifs is 1. The molecule has 0 saturated carbocycles. The summed E-state index contributed by atoms with van der Waals surface area (Å²) in [6.07, 6.45) is -2.45. The van der Waals surface area contributed by atoms with Crippen molar-refractivity contribution in [2.75, 3.05) is 0 Å². The maximum atomic E-state index is 13.4. The third-order valence-electron chi connectivity index (χ3n) is 5.94. The summed E-state index contributed by atoms with van der Waals surface area (Å²) in [4.78, 5) is 42.1. The minimum Gasteiger partial charge on any atom is -0.435 e. The zero-order valence-electron chi connectivity index (χ0n) is 17.6. The minimum absolute atomic E-state index is 0.164. The molecule has 1 atom stereocenters. The summed E-state index contributed by atoms with van der Waals surface area (Å²) in [5.41, 5.74) is 3.48. The second-order valence-corrected chi connectivity index (χ2v) is 8.17. The quantitative estimate of drug-likeness (QED) is 0.605. The van der Waals surface area contributed by atoms with Gasteiger partial charge in [-0.25, -0.2) is 4.98 Å². The number of oxazole rings is 1. The Morgan fingerprint density at radius 2 is 1.82 bits per heavy atom. The van der Waals surface area contributed by atoms with Gasteiger partial charge in [0.15, 0.2) is 5.76 Å². The lowest BCUT2D eigenvalue weighted by Gasteiger charge is -2.29. The van der Waals surface area contributed by atoms with Crippen LogP contribution in [0.25, 0.3) is 22.6 Å². The highest BCUT2D eigenvalue weighted by Gasteiger charge is 2.39. The first kappa shape index (κ1) is 21.0. The van der Waals surface area contributed by atoms with E-state index in [1.807, 2.05) is 19.1 Å². The first-order valence-electron chi connectivity index (χ1n) is 10.5. The minimum atomic E-state index is -2.87. The normalized spacial score (nSPS) is 18.1. The average molecular weight is 451 g/mol. The molecule has 5 rings (SSSR count). The van der Waals surface area contributed by atoms with E-state index in [9.17, 15) is 23.2 Å². The van der Waals surface area contributed by atoms with Crippen LogP contribution in [-0.2, 0) is 16.1 Å². The van der Waals surface area contributed by atoms with Crippen LogP contribution in [0.2, 0.25) is 0 Å². The summed E-state index contributed by atoms with van der Waals surface area (Å²) in [6.45, 7) is 2.09. The van der Waals surface area contributed by atoms with Gasteiger partial charge in [-0.05, 0) is 31.0 Å². The molecule has 1 N–H and O–H groups in total. The predicted octanol–water partition coefficient (Wildman–Crippen LogP) is 4.02. The van der Waals surface area contributed by atoms with Crippen LogP contribution in [0.1, 0.15) is 46.6 Å². The van der Waals surface area contributed by atoms with Gasteiger partial charge in [0.05, 0.1) is 0 Å². The molecule has 0 spiro atoms. The van der Waals surface area contributed by atoms with Crippen molar-refractivity contribution in [2.45, 2.75) is 38.8 Å². The van der Waals surface area contributed by atoms with Crippen molar-refractivity contribution >= 4 is 17.7 Å². The highest BCUT2D eigenvalue weighted by molar-refractivity contribution is 6.05. The fraction of sp³-hybridized carbons (Fsp3) is 0.250. The lowest BCUT2D eigenvalue weighted by molar-refractivity contribution is -0.136. The molecule has 7 nitrogen and oxygen atoms in total. The lowest BCUT2D eigenvalue weighted by Crippen LogP contribution is -2.52. The van der Waals surface area contributed by atoms with Crippen LogP contribution in [-0.4, -0.2) is 33.6 Å². The number of benzene rings is 2. The number of piperidine rings is 1. The summed E-state index contributed by atoms with van der Waals surface area (Å²) >= 11 is 0. The number of imide groups is 1. The van der Waals surface area contributed by atoms with Crippen LogP contribution in [0.3, 0.4) is 0 Å². The van der Waals surface area contributed by atoms with E-state index in [4.69, 9.17) is 4.42 Å². The average Bonchev–Trinajstić information content (AvgIpc) is 3.36. The van der Waals surface area contributed by atoms with Crippen molar-refractivity contribution in [2.24, 2.45) is 0 Å². The Balaban J connectivity index is 1.51. The Labute approximate surface area is 187 Å². The Morgan fingerprint density at radius 1 is 1.09 bits per heavy atom. The molecule has 3 aromatic rings. The van der Waals surface area contributed by atoms with Crippen LogP contribution in [0.5, 0.6) is 0 Å². The molecule has 1 saturated heterocycles. The number of hydrogen-bond acceptors (Lipinski definition) is 5. The number of amides is 3. The maximum absolute atomic E-state index is 13.4. The summed E-state index contributed by atoms with van der Waals surface area (Å²) in [6, 6.07) is 11.5. The Hall–Kier alpha value is -3.88. The van der Waals surface area contributed by atoms with Gasteiger partial charge in [0, 0.05) is 29.7 Å². The standard InChI is InChI=1S/C24H19F2N3O4/c1-12-2-4-13(5-3-12)20-19(28-23(33-20)21(25)26)14-6-7-16-15(10-14)11-29(24(16)32)17-8-9-18(30)27-22(17)31/h2-7,10,17,21H,8-9,11H2,1H3,(H,27,30,31). The van der Waals surface area contributed by atoms with Gasteiger partial charge in [-0.15, -0.1) is 0 Å². The smallest absolute Gasteiger partial charge is 0.313 e. The Morgan fingerprint density at radius 3 is 2.52 bits per heavy atom. The second kappa shape index (κ2) is 7.91. The van der Waals surface area contributed by atoms with E-state index < -0.39 is 24.3 Å². The van der Waals surface area contributed by atoms with Gasteiger partial charge in [-0.2, -0.15) is 8.78 Å². The Bertz CT molecular complexity index is 1280. The van der Waals surface area contributed by atoms with E-state index in [0.717, 1.165) is 5.56 Å². The fourth-order valence-corrected chi connectivity index (χ4v) is 4.25. The molecule has 1 unspecified atom stereocenters. The molecule has 1 aromatic heterocycles. The van der Waals surface area contributed by atoms with Crippen LogP contribution in [0.15, 0.2) is 46.9 Å². The third kappa shape index (κ3) is 3.69. The molecular weight excluding hydrogens is 432 g/mol. The molecule has 33 heavy (non-hydrogen) atoms. The SMILES string of the molecule is Cc1ccc(-c2oc(C(F)F)nc2-c2ccc3c(c2)CN(C2CCC(=O)NC2=O)C3=O)cc1. The van der Waals surface area contributed by atoms with Gasteiger partial charge >= 0.3 is 6.43 Å². The molecule has 0 radical (unpaired) electrons. The third-order valence-corrected chi connectivity index (χ3v) is 5.94. The van der Waals surface area contributed by atoms with Gasteiger partial charge in [-0.1, -0.05) is 35.9 Å². The van der Waals surface area contributed by atoms with E-state index >= 15 is 0 Å². The predicted molar refractivity (Wildman–Crippen MR) is 113 cm³/mol. The van der Waals surface area contributed by atoms with E-state index in [2.05, 4.69) is 10.3 Å². The summed E-state index contributed by atoms with van der Waals surface area (Å²) in [5.74, 6) is -1.61. The molecule has 2 aromatic carbocycles. The molecule has 1 fully saturated rings. The van der Waals surface area contributed by atoms with Crippen molar-refractivity contribution in [3.63, 3.8) is 0 Å². The van der Waals surface area contributed by atoms with E-state index in [-0.39, 0.29) is 42.7 Å². The second-order valence-electron chi connectivity index (χ2n) is 8.17. The highest BCUT2D eigenvalue weighted by atomic mass is 19.3. The number of nitrogens with zero attached hydrogens (tertiary/aromatic N) is 2. The van der Waals surface area contributed by atoms with Crippen molar-refractivity contribution in [1.29, 1.82) is 0 Å². The van der Waals surface area contributed by atoms with Crippen molar-refractivity contribution in [1.82, 2.24) is 15.2 Å². The van der Waals surface area contributed by atoms with E-state index in [1.54, 1.807) is 30.3 Å². The van der Waals surface area contributed by atoms with Gasteiger partial charge in [0.25, 0.3) is 11.8 Å². The van der Waals surface area contributed by atoms with Crippen molar-refractivity contribution in [3.8, 4) is 22.6 Å². The number of aryl methyl sites for hydroxylation is 1. The van der Waals surface area contributed by atoms with E-state index in [1.165, 1.54) is 4.90 Å². The number of carbonyl (C=O) groups excluding carboxylic acids is 3. The maximum Gasteiger partial charge on any atom is 0.313 e. The zero-order valence-corrected chi connectivity index (χ0v) is 17.6. The summed E-state index contributed by atoms with van der Waals surface area (Å²) < 4.78 is 32.2. The first-order valence-corrected chi connectivity index (χ1v) is 10.5. The lowest BCUT2D eigenvalue weighted by atomic mass is 10.0. The summed E-state index contributed by atoms with van der Waals surface area (Å²) in [5, 5.41) is 2.27. The molecule has 168 valence electrons. The van der Waals surface area contributed by atoms with Crippen LogP contribution in [0, 0.1) is 6.92 Å². The van der Waals surface area contributed by atoms with Gasteiger partial charge in [0.1, 0.15) is 11.7 Å². The largest absolute Gasteiger partial charge is 0.435 e. The molecule has 2 aliphatic rings. The van der Waals surface area contributed by atoms with Gasteiger partial charge in [0.2, 0.25) is 11.8 Å². The van der Waals surface area contributed by atoms with Crippen LogP contribution >= 0.6 is 0 Å². The molecule has 2 aliphatic heterocycles. The molecule has 0 bridgehead atoms. The Kier molecular flexibility index (Phi) is 5.03. The van der Waals surface area contributed by atoms with Crippen LogP contribution in [0.4, 0.5) is 8.78 Å². The number of nitrogens with one attached hydrogen (secondary N) is 1. The number of halogens is 2. The van der Waals surface area contributed by atoms with Gasteiger partial charge in [-0.3, -0.25) is 19.7 Å². The van der Waals surface area contributed by atoms with Gasteiger partial charge < -0.3 is 9.32 Å². The van der Waals surface area contributed by atoms with Crippen molar-refractivity contribution < 1.29 is 27.6 Å².